The van der Waals surface area contributed by atoms with E-state index in [1.807, 2.05) is 0 Å². The highest BCUT2D eigenvalue weighted by Gasteiger charge is 2.32. The van der Waals surface area contributed by atoms with Crippen LogP contribution >= 0.6 is 22.9 Å². The second-order valence-corrected chi connectivity index (χ2v) is 10.1. The van der Waals surface area contributed by atoms with Gasteiger partial charge in [0.15, 0.2) is 0 Å². The molecule has 4 aromatic rings. The Balaban J connectivity index is 1.49. The van der Waals surface area contributed by atoms with Crippen molar-refractivity contribution in [2.24, 2.45) is 0 Å². The quantitative estimate of drug-likeness (QED) is 0.259. The lowest BCUT2D eigenvalue weighted by Crippen LogP contribution is -2.14. The number of fused-ring (bicyclic) bond motifs is 1. The Morgan fingerprint density at radius 3 is 2.06 bits per heavy atom. The van der Waals surface area contributed by atoms with Gasteiger partial charge in [0, 0.05) is 5.69 Å². The molecule has 35 heavy (non-hydrogen) atoms. The molecule has 0 aliphatic carbocycles. The van der Waals surface area contributed by atoms with Gasteiger partial charge in [0.1, 0.15) is 10.6 Å². The number of sulfonamides is 1. The fourth-order valence-electron chi connectivity index (χ4n) is 2.92. The van der Waals surface area contributed by atoms with Gasteiger partial charge in [-0.1, -0.05) is 22.9 Å². The number of alkyl halides is 6. The summed E-state index contributed by atoms with van der Waals surface area (Å²) in [7, 11) is -4.30. The van der Waals surface area contributed by atoms with E-state index in [0.29, 0.717) is 17.6 Å². The van der Waals surface area contributed by atoms with E-state index in [0.717, 1.165) is 29.5 Å². The molecule has 0 bridgehead atoms. The number of thiazole rings is 1. The van der Waals surface area contributed by atoms with Crippen LogP contribution in [0.25, 0.3) is 10.2 Å². The maximum absolute atomic E-state index is 12.9. The summed E-state index contributed by atoms with van der Waals surface area (Å²) in [6.07, 6.45) is -9.17. The number of anilines is 1. The standard InChI is InChI=1S/C21H11ClF6N2O3S2/c22-15-9-11(20(23,24)25)2-8-18(15)35(31,32)30-13-3-5-14(6-4-13)33-19-29-16-7-1-12(21(26,27)28)10-17(16)34-19/h1-10,30H. The highest BCUT2D eigenvalue weighted by atomic mass is 35.5. The van der Waals surface area contributed by atoms with E-state index in [1.54, 1.807) is 0 Å². The number of ether oxygens (including phenoxy) is 1. The maximum Gasteiger partial charge on any atom is 0.416 e. The predicted octanol–water partition coefficient (Wildman–Crippen LogP) is 7.58. The molecule has 3 aromatic carbocycles. The highest BCUT2D eigenvalue weighted by molar-refractivity contribution is 7.92. The van der Waals surface area contributed by atoms with E-state index in [9.17, 15) is 34.8 Å². The van der Waals surface area contributed by atoms with Crippen molar-refractivity contribution in [3.8, 4) is 10.9 Å². The molecular formula is C21H11ClF6N2O3S2. The van der Waals surface area contributed by atoms with Crippen LogP contribution in [0.3, 0.4) is 0 Å². The number of benzene rings is 3. The van der Waals surface area contributed by atoms with Crippen LogP contribution in [0.4, 0.5) is 32.0 Å². The maximum atomic E-state index is 12.9. The molecule has 0 unspecified atom stereocenters. The molecule has 1 heterocycles. The van der Waals surface area contributed by atoms with Crippen molar-refractivity contribution in [1.82, 2.24) is 4.98 Å². The molecule has 0 saturated heterocycles. The van der Waals surface area contributed by atoms with Crippen molar-refractivity contribution in [3.05, 3.63) is 76.8 Å². The Morgan fingerprint density at radius 2 is 1.46 bits per heavy atom. The molecule has 184 valence electrons. The fraction of sp³-hybridized carbons (Fsp3) is 0.0952. The molecule has 1 aromatic heterocycles. The van der Waals surface area contributed by atoms with Gasteiger partial charge >= 0.3 is 12.4 Å². The normalized spacial score (nSPS) is 12.7. The van der Waals surface area contributed by atoms with Gasteiger partial charge in [-0.3, -0.25) is 4.72 Å². The number of aromatic nitrogens is 1. The van der Waals surface area contributed by atoms with Gasteiger partial charge in [-0.25, -0.2) is 13.4 Å². The Kier molecular flexibility index (Phi) is 6.36. The first-order valence-electron chi connectivity index (χ1n) is 9.38. The van der Waals surface area contributed by atoms with E-state index in [4.69, 9.17) is 16.3 Å². The summed E-state index contributed by atoms with van der Waals surface area (Å²) in [4.78, 5) is 3.57. The van der Waals surface area contributed by atoms with Gasteiger partial charge < -0.3 is 4.74 Å². The smallest absolute Gasteiger partial charge is 0.416 e. The van der Waals surface area contributed by atoms with Gasteiger partial charge in [-0.05, 0) is 60.7 Å². The molecule has 4 rings (SSSR count). The van der Waals surface area contributed by atoms with Gasteiger partial charge in [0.2, 0.25) is 0 Å². The topological polar surface area (TPSA) is 68.3 Å². The Morgan fingerprint density at radius 1 is 0.857 bits per heavy atom. The second-order valence-electron chi connectivity index (χ2n) is 7.03. The third-order valence-corrected chi connectivity index (χ3v) is 7.32. The van der Waals surface area contributed by atoms with Crippen LogP contribution in [0.1, 0.15) is 11.1 Å². The first-order chi connectivity index (χ1) is 16.2. The van der Waals surface area contributed by atoms with Crippen molar-refractivity contribution in [2.45, 2.75) is 17.2 Å². The van der Waals surface area contributed by atoms with E-state index in [-0.39, 0.29) is 21.3 Å². The highest BCUT2D eigenvalue weighted by Crippen LogP contribution is 2.37. The van der Waals surface area contributed by atoms with Crippen LogP contribution in [0.5, 0.6) is 10.9 Å². The monoisotopic (exact) mass is 552 g/mol. The minimum atomic E-state index is -4.68. The fourth-order valence-corrected chi connectivity index (χ4v) is 5.40. The summed E-state index contributed by atoms with van der Waals surface area (Å²) >= 11 is 6.66. The molecule has 0 radical (unpaired) electrons. The van der Waals surface area contributed by atoms with E-state index in [1.165, 1.54) is 30.3 Å². The van der Waals surface area contributed by atoms with Gasteiger partial charge in [-0.2, -0.15) is 26.3 Å². The number of rotatable bonds is 5. The lowest BCUT2D eigenvalue weighted by molar-refractivity contribution is -0.138. The van der Waals surface area contributed by atoms with Gasteiger partial charge in [0.05, 0.1) is 26.4 Å². The van der Waals surface area contributed by atoms with E-state index >= 15 is 0 Å². The minimum Gasteiger partial charge on any atom is -0.431 e. The van der Waals surface area contributed by atoms with Gasteiger partial charge in [0.25, 0.3) is 15.2 Å². The molecule has 0 amide bonds. The van der Waals surface area contributed by atoms with Crippen LogP contribution in [0.15, 0.2) is 65.6 Å². The molecule has 5 nitrogen and oxygen atoms in total. The van der Waals surface area contributed by atoms with Gasteiger partial charge in [-0.15, -0.1) is 0 Å². The predicted molar refractivity (Wildman–Crippen MR) is 118 cm³/mol. The first kappa shape index (κ1) is 25.1. The zero-order valence-electron chi connectivity index (χ0n) is 16.9. The summed E-state index contributed by atoms with van der Waals surface area (Å²) in [5, 5.41) is -0.527. The number of halogens is 7. The molecule has 1 N–H and O–H groups in total. The zero-order chi connectivity index (χ0) is 25.6. The number of nitrogens with one attached hydrogen (secondary N) is 1. The van der Waals surface area contributed by atoms with Crippen molar-refractivity contribution in [1.29, 1.82) is 0 Å². The van der Waals surface area contributed by atoms with Crippen molar-refractivity contribution >= 4 is 48.9 Å². The lowest BCUT2D eigenvalue weighted by atomic mass is 10.2. The number of nitrogens with zero attached hydrogens (tertiary/aromatic N) is 1. The molecule has 0 fully saturated rings. The molecule has 0 spiro atoms. The number of hydrogen-bond acceptors (Lipinski definition) is 5. The average molecular weight is 553 g/mol. The van der Waals surface area contributed by atoms with E-state index in [2.05, 4.69) is 9.71 Å². The Bertz CT molecular complexity index is 1500. The first-order valence-corrected chi connectivity index (χ1v) is 12.1. The summed E-state index contributed by atoms with van der Waals surface area (Å²) in [6, 6.07) is 10.4. The van der Waals surface area contributed by atoms with Crippen molar-refractivity contribution in [2.75, 3.05) is 4.72 Å². The van der Waals surface area contributed by atoms with E-state index < -0.39 is 43.4 Å². The SMILES string of the molecule is O=S(=O)(Nc1ccc(Oc2nc3ccc(C(F)(F)F)cc3s2)cc1)c1ccc(C(F)(F)F)cc1Cl. The van der Waals surface area contributed by atoms with Crippen LogP contribution in [-0.2, 0) is 22.4 Å². The summed E-state index contributed by atoms with van der Waals surface area (Å²) in [6.45, 7) is 0. The lowest BCUT2D eigenvalue weighted by Gasteiger charge is -2.12. The molecule has 0 saturated carbocycles. The molecule has 0 aliphatic rings. The summed E-state index contributed by atoms with van der Waals surface area (Å²) < 4.78 is 110. The van der Waals surface area contributed by atoms with Crippen LogP contribution in [0.2, 0.25) is 5.02 Å². The van der Waals surface area contributed by atoms with Crippen LogP contribution in [-0.4, -0.2) is 13.4 Å². The summed E-state index contributed by atoms with van der Waals surface area (Å²) in [5.41, 5.74) is -1.53. The third kappa shape index (κ3) is 5.63. The molecular weight excluding hydrogens is 542 g/mol. The third-order valence-electron chi connectivity index (χ3n) is 4.56. The van der Waals surface area contributed by atoms with Crippen LogP contribution < -0.4 is 9.46 Å². The van der Waals surface area contributed by atoms with Crippen molar-refractivity contribution in [3.63, 3.8) is 0 Å². The zero-order valence-corrected chi connectivity index (χ0v) is 19.3. The molecule has 14 heteroatoms. The largest absolute Gasteiger partial charge is 0.431 e. The molecule has 0 aliphatic heterocycles. The minimum absolute atomic E-state index is 0.0624. The van der Waals surface area contributed by atoms with Crippen LogP contribution in [0, 0.1) is 0 Å². The van der Waals surface area contributed by atoms with Crippen molar-refractivity contribution < 1.29 is 39.5 Å². The summed E-state index contributed by atoms with van der Waals surface area (Å²) in [5.74, 6) is 0.218. The average Bonchev–Trinajstić information content (AvgIpc) is 3.15. The Hall–Kier alpha value is -3.03. The molecule has 0 atom stereocenters. The second kappa shape index (κ2) is 8.88. The Labute approximate surface area is 203 Å². The number of hydrogen-bond donors (Lipinski definition) is 1.